The molecule has 8 heteroatoms. The fourth-order valence-corrected chi connectivity index (χ4v) is 2.64. The second-order valence-corrected chi connectivity index (χ2v) is 5.84. The lowest BCUT2D eigenvalue weighted by atomic mass is 9.99. The maximum atomic E-state index is 12.2. The van der Waals surface area contributed by atoms with Gasteiger partial charge in [0.15, 0.2) is 5.04 Å². The van der Waals surface area contributed by atoms with E-state index in [0.29, 0.717) is 0 Å². The SMILES string of the molecule is CC(C)(C)C1=NN=C(C(F)(F)F)S1(=O)=O. The van der Waals surface area contributed by atoms with Gasteiger partial charge in [0.2, 0.25) is 9.84 Å². The minimum Gasteiger partial charge on any atom is -0.215 e. The Kier molecular flexibility index (Phi) is 2.46. The number of halogens is 3. The van der Waals surface area contributed by atoms with Crippen molar-refractivity contribution in [3.05, 3.63) is 0 Å². The number of hydrogen-bond donors (Lipinski definition) is 0. The second kappa shape index (κ2) is 3.03. The molecule has 0 spiro atoms. The number of nitrogens with zero attached hydrogens (tertiary/aromatic N) is 2. The summed E-state index contributed by atoms with van der Waals surface area (Å²) in [4.78, 5) is 0. The molecular weight excluding hydrogens is 233 g/mol. The van der Waals surface area contributed by atoms with Crippen LogP contribution in [0.5, 0.6) is 0 Å². The first-order chi connectivity index (χ1) is 6.47. The van der Waals surface area contributed by atoms with E-state index in [2.05, 4.69) is 10.2 Å². The Morgan fingerprint density at radius 2 is 1.40 bits per heavy atom. The van der Waals surface area contributed by atoms with Crippen LogP contribution in [0.3, 0.4) is 0 Å². The summed E-state index contributed by atoms with van der Waals surface area (Å²) in [6, 6.07) is 0. The van der Waals surface area contributed by atoms with Gasteiger partial charge < -0.3 is 0 Å². The number of sulfone groups is 1. The molecule has 0 saturated carbocycles. The van der Waals surface area contributed by atoms with Gasteiger partial charge in [-0.25, -0.2) is 8.42 Å². The first kappa shape index (κ1) is 12.2. The van der Waals surface area contributed by atoms with Gasteiger partial charge in [-0.2, -0.15) is 13.2 Å². The standard InChI is InChI=1S/C7H9F3N2O2S/c1-6(2,3)4-11-12-5(7(8,9)10)15(4,13)14/h1-3H3. The van der Waals surface area contributed by atoms with E-state index in [4.69, 9.17) is 0 Å². The Hall–Kier alpha value is -0.920. The molecule has 1 aliphatic heterocycles. The van der Waals surface area contributed by atoms with Crippen LogP contribution in [0.25, 0.3) is 0 Å². The van der Waals surface area contributed by atoms with Gasteiger partial charge in [0.25, 0.3) is 5.04 Å². The third kappa shape index (κ3) is 2.04. The molecule has 0 N–H and O–H groups in total. The van der Waals surface area contributed by atoms with Crippen LogP contribution < -0.4 is 0 Å². The van der Waals surface area contributed by atoms with Crippen LogP contribution in [0, 0.1) is 5.41 Å². The normalized spacial score (nSPS) is 21.2. The van der Waals surface area contributed by atoms with Crippen molar-refractivity contribution in [2.45, 2.75) is 26.9 Å². The highest BCUT2D eigenvalue weighted by molar-refractivity contribution is 8.19. The number of alkyl halides is 3. The maximum Gasteiger partial charge on any atom is 0.446 e. The number of rotatable bonds is 0. The largest absolute Gasteiger partial charge is 0.446 e. The third-order valence-electron chi connectivity index (χ3n) is 1.62. The molecule has 0 aliphatic carbocycles. The summed E-state index contributed by atoms with van der Waals surface area (Å²) in [5.74, 6) is 0. The van der Waals surface area contributed by atoms with Crippen LogP contribution in [-0.4, -0.2) is 24.7 Å². The molecule has 0 amide bonds. The fourth-order valence-electron chi connectivity index (χ4n) is 1.05. The molecule has 0 fully saturated rings. The Balaban J connectivity index is 3.24. The van der Waals surface area contributed by atoms with Crippen molar-refractivity contribution in [1.29, 1.82) is 0 Å². The van der Waals surface area contributed by atoms with E-state index in [0.717, 1.165) is 0 Å². The van der Waals surface area contributed by atoms with E-state index in [1.807, 2.05) is 0 Å². The van der Waals surface area contributed by atoms with Crippen LogP contribution >= 0.6 is 0 Å². The van der Waals surface area contributed by atoms with Gasteiger partial charge in [-0.1, -0.05) is 20.8 Å². The van der Waals surface area contributed by atoms with Crippen LogP contribution in [0.4, 0.5) is 13.2 Å². The van der Waals surface area contributed by atoms with Crippen LogP contribution in [0.1, 0.15) is 20.8 Å². The molecule has 86 valence electrons. The van der Waals surface area contributed by atoms with Crippen molar-refractivity contribution >= 4 is 19.9 Å². The predicted molar refractivity (Wildman–Crippen MR) is 49.3 cm³/mol. The summed E-state index contributed by atoms with van der Waals surface area (Å²) in [6.45, 7) is 4.37. The van der Waals surface area contributed by atoms with Gasteiger partial charge >= 0.3 is 6.18 Å². The van der Waals surface area contributed by atoms with Gasteiger partial charge in [0.1, 0.15) is 0 Å². The highest BCUT2D eigenvalue weighted by Crippen LogP contribution is 2.31. The molecule has 0 atom stereocenters. The summed E-state index contributed by atoms with van der Waals surface area (Å²) in [6.07, 6.45) is -4.99. The maximum absolute atomic E-state index is 12.2. The molecule has 0 radical (unpaired) electrons. The molecule has 1 rings (SSSR count). The average molecular weight is 242 g/mol. The molecule has 0 aromatic rings. The molecule has 0 unspecified atom stereocenters. The van der Waals surface area contributed by atoms with Gasteiger partial charge in [-0.3, -0.25) is 0 Å². The molecule has 0 aromatic carbocycles. The van der Waals surface area contributed by atoms with Gasteiger partial charge in [-0.05, 0) is 0 Å². The Labute approximate surface area is 84.8 Å². The average Bonchev–Trinajstić information content (AvgIpc) is 2.21. The van der Waals surface area contributed by atoms with Crippen molar-refractivity contribution < 1.29 is 21.6 Å². The zero-order valence-corrected chi connectivity index (χ0v) is 9.07. The molecule has 0 bridgehead atoms. The molecule has 0 saturated heterocycles. The monoisotopic (exact) mass is 242 g/mol. The molecule has 1 aliphatic rings. The molecule has 4 nitrogen and oxygen atoms in total. The van der Waals surface area contributed by atoms with E-state index in [1.54, 1.807) is 0 Å². The Bertz CT molecular complexity index is 404. The van der Waals surface area contributed by atoms with Gasteiger partial charge in [0.05, 0.1) is 0 Å². The third-order valence-corrected chi connectivity index (χ3v) is 3.65. The zero-order valence-electron chi connectivity index (χ0n) is 8.25. The molecular formula is C7H9F3N2O2S. The predicted octanol–water partition coefficient (Wildman–Crippen LogP) is 1.74. The molecule has 1 heterocycles. The van der Waals surface area contributed by atoms with Crippen molar-refractivity contribution in [1.82, 2.24) is 0 Å². The summed E-state index contributed by atoms with van der Waals surface area (Å²) in [5.41, 5.74) is -0.991. The highest BCUT2D eigenvalue weighted by Gasteiger charge is 2.52. The van der Waals surface area contributed by atoms with Crippen LogP contribution in [0.15, 0.2) is 10.2 Å². The van der Waals surface area contributed by atoms with E-state index in [-0.39, 0.29) is 0 Å². The Morgan fingerprint density at radius 3 is 1.60 bits per heavy atom. The fraction of sp³-hybridized carbons (Fsp3) is 0.714. The zero-order chi connectivity index (χ0) is 12.1. The van der Waals surface area contributed by atoms with Crippen molar-refractivity contribution in [3.63, 3.8) is 0 Å². The topological polar surface area (TPSA) is 58.9 Å². The first-order valence-corrected chi connectivity index (χ1v) is 5.44. The lowest BCUT2D eigenvalue weighted by molar-refractivity contribution is -0.0558. The summed E-state index contributed by atoms with van der Waals surface area (Å²) in [5, 5.41) is 3.42. The van der Waals surface area contributed by atoms with Crippen LogP contribution in [-0.2, 0) is 9.84 Å². The highest BCUT2D eigenvalue weighted by atomic mass is 32.2. The quantitative estimate of drug-likeness (QED) is 0.649. The Morgan fingerprint density at radius 1 is 1.00 bits per heavy atom. The van der Waals surface area contributed by atoms with Crippen molar-refractivity contribution in [3.8, 4) is 0 Å². The lowest BCUT2D eigenvalue weighted by Crippen LogP contribution is -2.37. The smallest absolute Gasteiger partial charge is 0.215 e. The molecule has 15 heavy (non-hydrogen) atoms. The van der Waals surface area contributed by atoms with Crippen LogP contribution in [0.2, 0.25) is 0 Å². The van der Waals surface area contributed by atoms with E-state index in [1.165, 1.54) is 20.8 Å². The minimum absolute atomic E-state index is 0.553. The van der Waals surface area contributed by atoms with Gasteiger partial charge in [-0.15, -0.1) is 10.2 Å². The summed E-state index contributed by atoms with van der Waals surface area (Å²) >= 11 is 0. The van der Waals surface area contributed by atoms with E-state index in [9.17, 15) is 21.6 Å². The van der Waals surface area contributed by atoms with Crippen molar-refractivity contribution in [2.24, 2.45) is 15.6 Å². The van der Waals surface area contributed by atoms with Gasteiger partial charge in [0, 0.05) is 5.41 Å². The van der Waals surface area contributed by atoms with E-state index >= 15 is 0 Å². The summed E-state index contributed by atoms with van der Waals surface area (Å²) < 4.78 is 59.5. The molecule has 0 aromatic heterocycles. The van der Waals surface area contributed by atoms with E-state index < -0.39 is 31.5 Å². The summed E-state index contributed by atoms with van der Waals surface area (Å²) in [7, 11) is -4.57. The van der Waals surface area contributed by atoms with Crippen molar-refractivity contribution in [2.75, 3.05) is 0 Å². The first-order valence-electron chi connectivity index (χ1n) is 3.96. The lowest BCUT2D eigenvalue weighted by Gasteiger charge is -2.17. The number of hydrogen-bond acceptors (Lipinski definition) is 4. The minimum atomic E-state index is -4.99. The second-order valence-electron chi connectivity index (χ2n) is 4.06.